The maximum absolute atomic E-state index is 11.0. The van der Waals surface area contributed by atoms with Crippen LogP contribution in [0.1, 0.15) is 10.6 Å². The van der Waals surface area contributed by atoms with Gasteiger partial charge in [0.05, 0.1) is 13.4 Å². The minimum Gasteiger partial charge on any atom is -0.463 e. The summed E-state index contributed by atoms with van der Waals surface area (Å²) in [5, 5.41) is 0. The molecule has 0 aliphatic rings. The minimum atomic E-state index is -0.503. The van der Waals surface area contributed by atoms with Crippen LogP contribution in [0.2, 0.25) is 0 Å². The molecule has 5 nitrogen and oxygen atoms in total. The quantitative estimate of drug-likeness (QED) is 0.415. The van der Waals surface area contributed by atoms with Gasteiger partial charge in [-0.15, -0.1) is 0 Å². The molecule has 0 saturated heterocycles. The van der Waals surface area contributed by atoms with Crippen LogP contribution in [-0.4, -0.2) is 38.4 Å². The number of furan rings is 1. The zero-order chi connectivity index (χ0) is 10.6. The standard InChI is InChI=1S/C9H12N2O3/c1-11(2)6-10-8-5-4-7(14-8)9(12)13-3/h4-6H,1-3H3/b10-6-. The van der Waals surface area contributed by atoms with Crippen LogP contribution in [-0.2, 0) is 4.74 Å². The highest BCUT2D eigenvalue weighted by molar-refractivity contribution is 5.86. The van der Waals surface area contributed by atoms with Gasteiger partial charge in [-0.3, -0.25) is 0 Å². The van der Waals surface area contributed by atoms with Gasteiger partial charge in [0.2, 0.25) is 11.6 Å². The van der Waals surface area contributed by atoms with E-state index in [-0.39, 0.29) is 5.76 Å². The van der Waals surface area contributed by atoms with Gasteiger partial charge in [-0.2, -0.15) is 0 Å². The summed E-state index contributed by atoms with van der Waals surface area (Å²) >= 11 is 0. The smallest absolute Gasteiger partial charge is 0.374 e. The molecular weight excluding hydrogens is 184 g/mol. The predicted octanol–water partition coefficient (Wildman–Crippen LogP) is 1.29. The highest BCUT2D eigenvalue weighted by Crippen LogP contribution is 2.16. The average Bonchev–Trinajstić information content (AvgIpc) is 2.62. The van der Waals surface area contributed by atoms with Gasteiger partial charge >= 0.3 is 5.97 Å². The molecule has 1 aromatic heterocycles. The second-order valence-electron chi connectivity index (χ2n) is 2.84. The number of ether oxygens (including phenoxy) is 1. The number of methoxy groups -OCH3 is 1. The molecule has 1 rings (SSSR count). The highest BCUT2D eigenvalue weighted by atomic mass is 16.5. The minimum absolute atomic E-state index is 0.151. The van der Waals surface area contributed by atoms with Crippen LogP contribution < -0.4 is 0 Å². The number of hydrogen-bond donors (Lipinski definition) is 0. The Hall–Kier alpha value is -1.78. The van der Waals surface area contributed by atoms with Crippen LogP contribution >= 0.6 is 0 Å². The molecule has 0 N–H and O–H groups in total. The van der Waals surface area contributed by atoms with Gasteiger partial charge < -0.3 is 14.1 Å². The van der Waals surface area contributed by atoms with Gasteiger partial charge in [0, 0.05) is 20.2 Å². The topological polar surface area (TPSA) is 55.0 Å². The second kappa shape index (κ2) is 4.45. The first-order valence-corrected chi connectivity index (χ1v) is 4.02. The van der Waals surface area contributed by atoms with Crippen LogP contribution in [0.3, 0.4) is 0 Å². The number of rotatable bonds is 3. The zero-order valence-electron chi connectivity index (χ0n) is 8.35. The van der Waals surface area contributed by atoms with Crippen LogP contribution in [0.5, 0.6) is 0 Å². The Kier molecular flexibility index (Phi) is 3.28. The van der Waals surface area contributed by atoms with E-state index >= 15 is 0 Å². The fourth-order valence-corrected chi connectivity index (χ4v) is 0.780. The van der Waals surface area contributed by atoms with Crippen molar-refractivity contribution in [3.63, 3.8) is 0 Å². The second-order valence-corrected chi connectivity index (χ2v) is 2.84. The predicted molar refractivity (Wildman–Crippen MR) is 51.9 cm³/mol. The third kappa shape index (κ3) is 2.62. The highest BCUT2D eigenvalue weighted by Gasteiger charge is 2.09. The number of hydrogen-bond acceptors (Lipinski definition) is 4. The van der Waals surface area contributed by atoms with Crippen molar-refractivity contribution in [3.05, 3.63) is 17.9 Å². The van der Waals surface area contributed by atoms with Crippen molar-refractivity contribution in [1.29, 1.82) is 0 Å². The van der Waals surface area contributed by atoms with E-state index in [0.29, 0.717) is 5.88 Å². The summed E-state index contributed by atoms with van der Waals surface area (Å²) < 4.78 is 9.57. The third-order valence-corrected chi connectivity index (χ3v) is 1.39. The fourth-order valence-electron chi connectivity index (χ4n) is 0.780. The van der Waals surface area contributed by atoms with Gasteiger partial charge in [-0.25, -0.2) is 9.79 Å². The number of carbonyl (C=O) groups is 1. The number of esters is 1. The molecule has 1 aromatic rings. The van der Waals surface area contributed by atoms with Crippen molar-refractivity contribution < 1.29 is 13.9 Å². The molecule has 0 saturated carbocycles. The molecule has 5 heteroatoms. The SMILES string of the molecule is COC(=O)c1ccc(/N=C\N(C)C)o1. The zero-order valence-corrected chi connectivity index (χ0v) is 8.35. The molecule has 14 heavy (non-hydrogen) atoms. The van der Waals surface area contributed by atoms with E-state index in [1.807, 2.05) is 14.1 Å². The molecule has 0 aliphatic carbocycles. The van der Waals surface area contributed by atoms with Gasteiger partial charge in [0.15, 0.2) is 0 Å². The van der Waals surface area contributed by atoms with Crippen molar-refractivity contribution in [2.75, 3.05) is 21.2 Å². The Balaban J connectivity index is 2.73. The first-order chi connectivity index (χ1) is 6.63. The fraction of sp³-hybridized carbons (Fsp3) is 0.333. The molecule has 0 atom stereocenters. The summed E-state index contributed by atoms with van der Waals surface area (Å²) in [4.78, 5) is 16.7. The maximum atomic E-state index is 11.0. The van der Waals surface area contributed by atoms with Crippen LogP contribution in [0, 0.1) is 0 Å². The van der Waals surface area contributed by atoms with Gasteiger partial charge in [-0.1, -0.05) is 0 Å². The molecule has 1 heterocycles. The van der Waals surface area contributed by atoms with Crippen LogP contribution in [0.25, 0.3) is 0 Å². The van der Waals surface area contributed by atoms with E-state index in [0.717, 1.165) is 0 Å². The molecule has 76 valence electrons. The molecule has 0 aliphatic heterocycles. The Morgan fingerprint density at radius 1 is 1.57 bits per heavy atom. The Bertz CT molecular complexity index is 342. The van der Waals surface area contributed by atoms with Crippen molar-refractivity contribution >= 4 is 18.2 Å². The first kappa shape index (κ1) is 10.3. The lowest BCUT2D eigenvalue weighted by Gasteiger charge is -2.00. The first-order valence-electron chi connectivity index (χ1n) is 4.02. The van der Waals surface area contributed by atoms with E-state index in [1.54, 1.807) is 17.3 Å². The van der Waals surface area contributed by atoms with E-state index in [1.165, 1.54) is 13.2 Å². The third-order valence-electron chi connectivity index (χ3n) is 1.39. The maximum Gasteiger partial charge on any atom is 0.374 e. The molecule has 0 spiro atoms. The summed E-state index contributed by atoms with van der Waals surface area (Å²) in [5.74, 6) is 0.0220. The van der Waals surface area contributed by atoms with E-state index in [2.05, 4.69) is 9.73 Å². The average molecular weight is 196 g/mol. The molecular formula is C9H12N2O3. The number of aliphatic imine (C=N–C) groups is 1. The lowest BCUT2D eigenvalue weighted by Crippen LogP contribution is -2.06. The monoisotopic (exact) mass is 196 g/mol. The summed E-state index contributed by atoms with van der Waals surface area (Å²) in [7, 11) is 4.98. The molecule has 0 bridgehead atoms. The van der Waals surface area contributed by atoms with Crippen LogP contribution in [0.15, 0.2) is 21.5 Å². The lowest BCUT2D eigenvalue weighted by molar-refractivity contribution is 0.0566. The molecule has 0 fully saturated rings. The van der Waals surface area contributed by atoms with Gasteiger partial charge in [0.25, 0.3) is 0 Å². The normalized spacial score (nSPS) is 10.5. The number of carbonyl (C=O) groups excluding carboxylic acids is 1. The van der Waals surface area contributed by atoms with Gasteiger partial charge in [0.1, 0.15) is 0 Å². The van der Waals surface area contributed by atoms with Crippen molar-refractivity contribution in [1.82, 2.24) is 4.90 Å². The molecule has 0 radical (unpaired) electrons. The molecule has 0 unspecified atom stereocenters. The summed E-state index contributed by atoms with van der Waals surface area (Å²) in [6.07, 6.45) is 1.58. The van der Waals surface area contributed by atoms with Crippen LogP contribution in [0.4, 0.5) is 5.88 Å². The van der Waals surface area contributed by atoms with E-state index in [9.17, 15) is 4.79 Å². The molecule has 0 aromatic carbocycles. The summed E-state index contributed by atoms with van der Waals surface area (Å²) in [6.45, 7) is 0. The van der Waals surface area contributed by atoms with Crippen molar-refractivity contribution in [2.45, 2.75) is 0 Å². The Morgan fingerprint density at radius 3 is 2.86 bits per heavy atom. The summed E-state index contributed by atoms with van der Waals surface area (Å²) in [6, 6.07) is 3.13. The molecule has 0 amide bonds. The number of nitrogens with zero attached hydrogens (tertiary/aromatic N) is 2. The van der Waals surface area contributed by atoms with E-state index in [4.69, 9.17) is 4.42 Å². The van der Waals surface area contributed by atoms with Crippen molar-refractivity contribution in [3.8, 4) is 0 Å². The Labute approximate surface area is 82.0 Å². The summed E-state index contributed by atoms with van der Waals surface area (Å²) in [5.41, 5.74) is 0. The van der Waals surface area contributed by atoms with Gasteiger partial charge in [-0.05, 0) is 6.07 Å². The Morgan fingerprint density at radius 2 is 2.29 bits per heavy atom. The van der Waals surface area contributed by atoms with E-state index < -0.39 is 5.97 Å². The van der Waals surface area contributed by atoms with Crippen molar-refractivity contribution in [2.24, 2.45) is 4.99 Å². The lowest BCUT2D eigenvalue weighted by atomic mass is 10.5. The largest absolute Gasteiger partial charge is 0.463 e.